The molecule has 0 amide bonds. The third-order valence-electron chi connectivity index (χ3n) is 1.81. The van der Waals surface area contributed by atoms with Crippen molar-refractivity contribution in [2.45, 2.75) is 17.7 Å². The minimum Gasteiger partial charge on any atom is -0.303 e. The number of benzene rings is 1. The Morgan fingerprint density at radius 2 is 2.31 bits per heavy atom. The summed E-state index contributed by atoms with van der Waals surface area (Å²) in [6, 6.07) is 5.82. The molecule has 1 aromatic carbocycles. The van der Waals surface area contributed by atoms with Crippen molar-refractivity contribution in [1.82, 2.24) is 0 Å². The van der Waals surface area contributed by atoms with Crippen molar-refractivity contribution in [3.63, 3.8) is 0 Å². The van der Waals surface area contributed by atoms with Gasteiger partial charge >= 0.3 is 0 Å². The average molecular weight is 215 g/mol. The molecule has 0 aliphatic rings. The molecule has 1 nitrogen and oxygen atoms in total. The van der Waals surface area contributed by atoms with Gasteiger partial charge in [-0.05, 0) is 30.4 Å². The Balaban J connectivity index is 2.93. The van der Waals surface area contributed by atoms with Crippen molar-refractivity contribution in [2.75, 3.05) is 6.26 Å². The van der Waals surface area contributed by atoms with Crippen LogP contribution in [0.2, 0.25) is 5.02 Å². The summed E-state index contributed by atoms with van der Waals surface area (Å²) in [5.74, 6) is 0. The number of thioether (sulfide) groups is 1. The van der Waals surface area contributed by atoms with Crippen molar-refractivity contribution >= 4 is 29.6 Å². The fourth-order valence-electron chi connectivity index (χ4n) is 1.18. The van der Waals surface area contributed by atoms with E-state index in [4.69, 9.17) is 11.6 Å². The maximum absolute atomic E-state index is 10.2. The van der Waals surface area contributed by atoms with Crippen molar-refractivity contribution in [3.05, 3.63) is 28.8 Å². The smallest absolute Gasteiger partial charge is 0.120 e. The molecule has 0 saturated heterocycles. The first-order valence-corrected chi connectivity index (χ1v) is 5.65. The van der Waals surface area contributed by atoms with Crippen LogP contribution in [-0.4, -0.2) is 12.5 Å². The number of rotatable bonds is 4. The first kappa shape index (κ1) is 10.6. The molecule has 0 N–H and O–H groups in total. The van der Waals surface area contributed by atoms with Gasteiger partial charge in [0.1, 0.15) is 6.29 Å². The Morgan fingerprint density at radius 3 is 2.92 bits per heavy atom. The van der Waals surface area contributed by atoms with Crippen LogP contribution in [0.25, 0.3) is 0 Å². The molecule has 0 spiro atoms. The van der Waals surface area contributed by atoms with Gasteiger partial charge in [0.2, 0.25) is 0 Å². The molecule has 0 aliphatic heterocycles. The lowest BCUT2D eigenvalue weighted by Crippen LogP contribution is -1.90. The topological polar surface area (TPSA) is 17.1 Å². The first-order chi connectivity index (χ1) is 6.29. The zero-order valence-electron chi connectivity index (χ0n) is 7.42. The molecule has 0 fully saturated rings. The summed E-state index contributed by atoms with van der Waals surface area (Å²) in [6.45, 7) is 0. The lowest BCUT2D eigenvalue weighted by molar-refractivity contribution is -0.107. The maximum Gasteiger partial charge on any atom is 0.120 e. The van der Waals surface area contributed by atoms with Gasteiger partial charge in [-0.1, -0.05) is 17.7 Å². The molecule has 0 radical (unpaired) electrons. The molecule has 0 unspecified atom stereocenters. The molecule has 0 aromatic heterocycles. The van der Waals surface area contributed by atoms with Gasteiger partial charge in [0.25, 0.3) is 0 Å². The Bertz CT molecular complexity index is 299. The summed E-state index contributed by atoms with van der Waals surface area (Å²) in [7, 11) is 0. The molecule has 0 heterocycles. The summed E-state index contributed by atoms with van der Waals surface area (Å²) in [6.07, 6.45) is 4.21. The van der Waals surface area contributed by atoms with Gasteiger partial charge in [0.15, 0.2) is 0 Å². The quantitative estimate of drug-likeness (QED) is 0.566. The standard InChI is InChI=1S/C10H11ClOS/c1-13-10-6-2-5-9(11)8(10)4-3-7-12/h2,5-7H,3-4H2,1H3. The summed E-state index contributed by atoms with van der Waals surface area (Å²) >= 11 is 7.67. The Labute approximate surface area is 87.5 Å². The van der Waals surface area contributed by atoms with Crippen LogP contribution in [0.5, 0.6) is 0 Å². The molecular formula is C10H11ClOS. The number of halogens is 1. The highest BCUT2D eigenvalue weighted by Crippen LogP contribution is 2.27. The number of carbonyl (C=O) groups is 1. The van der Waals surface area contributed by atoms with Crippen LogP contribution in [0.3, 0.4) is 0 Å². The van der Waals surface area contributed by atoms with Crippen LogP contribution in [0.4, 0.5) is 0 Å². The largest absolute Gasteiger partial charge is 0.303 e. The van der Waals surface area contributed by atoms with Gasteiger partial charge in [0.05, 0.1) is 0 Å². The SMILES string of the molecule is CSc1cccc(Cl)c1CCC=O. The molecule has 0 aliphatic carbocycles. The van der Waals surface area contributed by atoms with Crippen molar-refractivity contribution in [3.8, 4) is 0 Å². The van der Waals surface area contributed by atoms with Crippen molar-refractivity contribution in [2.24, 2.45) is 0 Å². The molecule has 0 saturated carbocycles. The van der Waals surface area contributed by atoms with E-state index >= 15 is 0 Å². The monoisotopic (exact) mass is 214 g/mol. The normalized spacial score (nSPS) is 10.0. The Kier molecular flexibility index (Phi) is 4.33. The lowest BCUT2D eigenvalue weighted by atomic mass is 10.1. The van der Waals surface area contributed by atoms with E-state index < -0.39 is 0 Å². The average Bonchev–Trinajstić information content (AvgIpc) is 2.15. The van der Waals surface area contributed by atoms with Crippen LogP contribution in [0.15, 0.2) is 23.1 Å². The van der Waals surface area contributed by atoms with E-state index in [0.717, 1.165) is 28.2 Å². The second-order valence-corrected chi connectivity index (χ2v) is 3.88. The summed E-state index contributed by atoms with van der Waals surface area (Å²) in [5.41, 5.74) is 1.09. The second-order valence-electron chi connectivity index (χ2n) is 2.63. The molecule has 1 aromatic rings. The number of aldehydes is 1. The van der Waals surface area contributed by atoms with Crippen molar-refractivity contribution < 1.29 is 4.79 Å². The van der Waals surface area contributed by atoms with Crippen LogP contribution in [0.1, 0.15) is 12.0 Å². The molecule has 13 heavy (non-hydrogen) atoms. The minimum absolute atomic E-state index is 0.539. The highest BCUT2D eigenvalue weighted by atomic mass is 35.5. The predicted molar refractivity (Wildman–Crippen MR) is 57.6 cm³/mol. The highest BCUT2D eigenvalue weighted by molar-refractivity contribution is 7.98. The number of hydrogen-bond donors (Lipinski definition) is 0. The zero-order valence-corrected chi connectivity index (χ0v) is 8.99. The van der Waals surface area contributed by atoms with E-state index in [1.807, 2.05) is 24.5 Å². The maximum atomic E-state index is 10.2. The Hall–Kier alpha value is -0.470. The van der Waals surface area contributed by atoms with Gasteiger partial charge in [-0.2, -0.15) is 0 Å². The van der Waals surface area contributed by atoms with Crippen LogP contribution < -0.4 is 0 Å². The summed E-state index contributed by atoms with van der Waals surface area (Å²) in [4.78, 5) is 11.4. The van der Waals surface area contributed by atoms with E-state index in [-0.39, 0.29) is 0 Å². The van der Waals surface area contributed by atoms with Crippen LogP contribution in [0, 0.1) is 0 Å². The van der Waals surface area contributed by atoms with Gasteiger partial charge in [-0.15, -0.1) is 11.8 Å². The molecule has 0 bridgehead atoms. The van der Waals surface area contributed by atoms with Gasteiger partial charge in [-0.3, -0.25) is 0 Å². The third kappa shape index (κ3) is 2.75. The molecule has 1 rings (SSSR count). The summed E-state index contributed by atoms with van der Waals surface area (Å²) in [5, 5.41) is 0.758. The fraction of sp³-hybridized carbons (Fsp3) is 0.300. The fourth-order valence-corrected chi connectivity index (χ4v) is 2.17. The third-order valence-corrected chi connectivity index (χ3v) is 2.98. The zero-order chi connectivity index (χ0) is 9.68. The van der Waals surface area contributed by atoms with E-state index in [1.54, 1.807) is 11.8 Å². The van der Waals surface area contributed by atoms with E-state index in [0.29, 0.717) is 6.42 Å². The minimum atomic E-state index is 0.539. The van der Waals surface area contributed by atoms with E-state index in [2.05, 4.69) is 0 Å². The second kappa shape index (κ2) is 5.30. The van der Waals surface area contributed by atoms with E-state index in [1.165, 1.54) is 0 Å². The van der Waals surface area contributed by atoms with Crippen LogP contribution in [-0.2, 0) is 11.2 Å². The molecule has 0 atom stereocenters. The van der Waals surface area contributed by atoms with Gasteiger partial charge in [-0.25, -0.2) is 0 Å². The lowest BCUT2D eigenvalue weighted by Gasteiger charge is -2.07. The predicted octanol–water partition coefficient (Wildman–Crippen LogP) is 3.19. The molecular weight excluding hydrogens is 204 g/mol. The highest BCUT2D eigenvalue weighted by Gasteiger charge is 2.04. The van der Waals surface area contributed by atoms with Gasteiger partial charge < -0.3 is 4.79 Å². The molecule has 3 heteroatoms. The van der Waals surface area contributed by atoms with E-state index in [9.17, 15) is 4.79 Å². The first-order valence-electron chi connectivity index (χ1n) is 4.04. The van der Waals surface area contributed by atoms with Crippen LogP contribution >= 0.6 is 23.4 Å². The van der Waals surface area contributed by atoms with Crippen molar-refractivity contribution in [1.29, 1.82) is 0 Å². The molecule has 70 valence electrons. The Morgan fingerprint density at radius 1 is 1.54 bits per heavy atom. The van der Waals surface area contributed by atoms with Gasteiger partial charge in [0, 0.05) is 16.3 Å². The summed E-state index contributed by atoms with van der Waals surface area (Å²) < 4.78 is 0. The number of carbonyl (C=O) groups excluding carboxylic acids is 1. The number of hydrogen-bond acceptors (Lipinski definition) is 2.